The number of halogens is 1. The Kier molecular flexibility index (Phi) is 7.51. The maximum absolute atomic E-state index is 15.2. The van der Waals surface area contributed by atoms with Crippen molar-refractivity contribution >= 4 is 0 Å². The minimum absolute atomic E-state index is 0.0162. The Morgan fingerprint density at radius 2 is 1.90 bits per heavy atom. The van der Waals surface area contributed by atoms with Crippen molar-refractivity contribution in [2.45, 2.75) is 18.5 Å². The van der Waals surface area contributed by atoms with E-state index in [2.05, 4.69) is 0 Å². The maximum atomic E-state index is 15.2. The average molecular weight is 285 g/mol. The number of benzene rings is 1. The number of hydrogen-bond donors (Lipinski definition) is 1. The third-order valence-electron chi connectivity index (χ3n) is 3.07. The van der Waals surface area contributed by atoms with E-state index in [4.69, 9.17) is 19.9 Å². The van der Waals surface area contributed by atoms with Gasteiger partial charge < -0.3 is 19.9 Å². The van der Waals surface area contributed by atoms with E-state index in [1.807, 2.05) is 6.07 Å². The molecule has 1 unspecified atom stereocenters. The van der Waals surface area contributed by atoms with Crippen LogP contribution in [0.1, 0.15) is 18.4 Å². The molecule has 0 bridgehead atoms. The van der Waals surface area contributed by atoms with E-state index in [1.165, 1.54) is 7.11 Å². The molecule has 0 aliphatic heterocycles. The molecule has 1 aromatic carbocycles. The van der Waals surface area contributed by atoms with E-state index in [-0.39, 0.29) is 6.61 Å². The van der Waals surface area contributed by atoms with E-state index in [1.54, 1.807) is 25.3 Å². The van der Waals surface area contributed by atoms with Gasteiger partial charge in [-0.2, -0.15) is 0 Å². The first-order chi connectivity index (χ1) is 9.68. The lowest BCUT2D eigenvalue weighted by molar-refractivity contribution is 0.0276. The van der Waals surface area contributed by atoms with Gasteiger partial charge in [-0.15, -0.1) is 0 Å². The normalized spacial score (nSPS) is 14.0. The van der Waals surface area contributed by atoms with Crippen molar-refractivity contribution < 1.29 is 18.6 Å². The summed E-state index contributed by atoms with van der Waals surface area (Å²) in [6.45, 7) is 1.27. The monoisotopic (exact) mass is 285 g/mol. The second-order valence-corrected chi connectivity index (χ2v) is 4.63. The molecule has 0 fully saturated rings. The van der Waals surface area contributed by atoms with Gasteiger partial charge in [0.15, 0.2) is 5.67 Å². The van der Waals surface area contributed by atoms with Crippen LogP contribution in [0.15, 0.2) is 24.3 Å². The lowest BCUT2D eigenvalue weighted by Gasteiger charge is -2.27. The summed E-state index contributed by atoms with van der Waals surface area (Å²) in [5.74, 6) is 0.529. The minimum Gasteiger partial charge on any atom is -0.491 e. The lowest BCUT2D eigenvalue weighted by atomic mass is 9.91. The zero-order valence-corrected chi connectivity index (χ0v) is 12.2. The Morgan fingerprint density at radius 3 is 2.55 bits per heavy atom. The molecule has 1 atom stereocenters. The number of methoxy groups -OCH3 is 2. The molecule has 5 heteroatoms. The summed E-state index contributed by atoms with van der Waals surface area (Å²) in [5.41, 5.74) is 4.41. The van der Waals surface area contributed by atoms with E-state index in [0.717, 1.165) is 0 Å². The standard InChI is InChI=1S/C15H24FNO3/c1-18-10-11-20-14-7-4-3-6-13(14)15(16,12-19-2)8-5-9-17/h3-4,6-7H,5,8-12,17H2,1-2H3. The van der Waals surface area contributed by atoms with Crippen LogP contribution in [0.2, 0.25) is 0 Å². The van der Waals surface area contributed by atoms with Gasteiger partial charge in [-0.1, -0.05) is 18.2 Å². The van der Waals surface area contributed by atoms with Crippen molar-refractivity contribution in [1.29, 1.82) is 0 Å². The van der Waals surface area contributed by atoms with Crippen molar-refractivity contribution in [3.63, 3.8) is 0 Å². The summed E-state index contributed by atoms with van der Waals surface area (Å²) in [7, 11) is 3.09. The van der Waals surface area contributed by atoms with Crippen molar-refractivity contribution in [3.8, 4) is 5.75 Å². The van der Waals surface area contributed by atoms with Gasteiger partial charge in [0.05, 0.1) is 13.2 Å². The van der Waals surface area contributed by atoms with Crippen LogP contribution < -0.4 is 10.5 Å². The highest BCUT2D eigenvalue weighted by molar-refractivity contribution is 5.38. The Bertz CT molecular complexity index is 389. The quantitative estimate of drug-likeness (QED) is 0.670. The molecule has 0 amide bonds. The number of ether oxygens (including phenoxy) is 3. The predicted octanol–water partition coefficient (Wildman–Crippen LogP) is 2.26. The molecule has 2 N–H and O–H groups in total. The van der Waals surface area contributed by atoms with Gasteiger partial charge >= 0.3 is 0 Å². The molecule has 0 aliphatic rings. The first kappa shape index (κ1) is 16.9. The number of nitrogens with two attached hydrogens (primary N) is 1. The van der Waals surface area contributed by atoms with Gasteiger partial charge in [-0.25, -0.2) is 4.39 Å². The smallest absolute Gasteiger partial charge is 0.162 e. The maximum Gasteiger partial charge on any atom is 0.162 e. The number of para-hydroxylation sites is 1. The molecule has 1 aromatic rings. The largest absolute Gasteiger partial charge is 0.491 e. The third kappa shape index (κ3) is 4.74. The second-order valence-electron chi connectivity index (χ2n) is 4.63. The molecule has 0 saturated heterocycles. The summed E-state index contributed by atoms with van der Waals surface area (Å²) >= 11 is 0. The van der Waals surface area contributed by atoms with Crippen molar-refractivity contribution in [3.05, 3.63) is 29.8 Å². The first-order valence-electron chi connectivity index (χ1n) is 6.77. The van der Waals surface area contributed by atoms with Crippen molar-refractivity contribution in [2.24, 2.45) is 5.73 Å². The van der Waals surface area contributed by atoms with Crippen LogP contribution in [0.25, 0.3) is 0 Å². The van der Waals surface area contributed by atoms with E-state index >= 15 is 4.39 Å². The Balaban J connectivity index is 2.93. The van der Waals surface area contributed by atoms with Crippen LogP contribution in [0, 0.1) is 0 Å². The van der Waals surface area contributed by atoms with Crippen LogP contribution >= 0.6 is 0 Å². The Morgan fingerprint density at radius 1 is 1.15 bits per heavy atom. The summed E-state index contributed by atoms with van der Waals surface area (Å²) in [6.07, 6.45) is 0.897. The number of rotatable bonds is 10. The van der Waals surface area contributed by atoms with Crippen LogP contribution in [-0.2, 0) is 15.1 Å². The molecule has 0 aliphatic carbocycles. The Labute approximate surface area is 120 Å². The van der Waals surface area contributed by atoms with Gasteiger partial charge in [0.2, 0.25) is 0 Å². The molecule has 114 valence electrons. The number of hydrogen-bond acceptors (Lipinski definition) is 4. The SMILES string of the molecule is COCCOc1ccccc1C(F)(CCCN)COC. The summed E-state index contributed by atoms with van der Waals surface area (Å²) in [5, 5.41) is 0. The topological polar surface area (TPSA) is 53.7 Å². The zero-order valence-electron chi connectivity index (χ0n) is 12.2. The summed E-state index contributed by atoms with van der Waals surface area (Å²) < 4.78 is 30.8. The molecule has 0 radical (unpaired) electrons. The molecule has 0 aromatic heterocycles. The Hall–Kier alpha value is -1.17. The second kappa shape index (κ2) is 8.89. The molecule has 20 heavy (non-hydrogen) atoms. The fourth-order valence-corrected chi connectivity index (χ4v) is 2.09. The molecular weight excluding hydrogens is 261 g/mol. The summed E-state index contributed by atoms with van der Waals surface area (Å²) in [4.78, 5) is 0. The van der Waals surface area contributed by atoms with Gasteiger partial charge in [0, 0.05) is 19.8 Å². The highest BCUT2D eigenvalue weighted by Crippen LogP contribution is 2.37. The zero-order chi connectivity index (χ0) is 14.8. The van der Waals surface area contributed by atoms with Crippen molar-refractivity contribution in [1.82, 2.24) is 0 Å². The van der Waals surface area contributed by atoms with E-state index in [9.17, 15) is 0 Å². The molecule has 1 rings (SSSR count). The van der Waals surface area contributed by atoms with Gasteiger partial charge in [0.1, 0.15) is 12.4 Å². The van der Waals surface area contributed by atoms with Gasteiger partial charge in [-0.05, 0) is 25.5 Å². The minimum atomic E-state index is -1.59. The van der Waals surface area contributed by atoms with Crippen LogP contribution in [-0.4, -0.2) is 40.6 Å². The van der Waals surface area contributed by atoms with E-state index < -0.39 is 5.67 Å². The van der Waals surface area contributed by atoms with Gasteiger partial charge in [-0.3, -0.25) is 0 Å². The molecule has 0 saturated carbocycles. The van der Waals surface area contributed by atoms with E-state index in [0.29, 0.717) is 43.9 Å². The van der Waals surface area contributed by atoms with Crippen LogP contribution in [0.4, 0.5) is 4.39 Å². The molecular formula is C15H24FNO3. The van der Waals surface area contributed by atoms with Crippen LogP contribution in [0.5, 0.6) is 5.75 Å². The van der Waals surface area contributed by atoms with Gasteiger partial charge in [0.25, 0.3) is 0 Å². The third-order valence-corrected chi connectivity index (χ3v) is 3.07. The highest BCUT2D eigenvalue weighted by Gasteiger charge is 2.34. The highest BCUT2D eigenvalue weighted by atomic mass is 19.1. The predicted molar refractivity (Wildman–Crippen MR) is 76.8 cm³/mol. The first-order valence-corrected chi connectivity index (χ1v) is 6.77. The average Bonchev–Trinajstić information content (AvgIpc) is 2.46. The summed E-state index contributed by atoms with van der Waals surface area (Å²) in [6, 6.07) is 7.11. The molecule has 0 heterocycles. The fourth-order valence-electron chi connectivity index (χ4n) is 2.09. The number of alkyl halides is 1. The van der Waals surface area contributed by atoms with Crippen molar-refractivity contribution in [2.75, 3.05) is 40.6 Å². The van der Waals surface area contributed by atoms with Crippen LogP contribution in [0.3, 0.4) is 0 Å². The lowest BCUT2D eigenvalue weighted by Crippen LogP contribution is -2.28. The fraction of sp³-hybridized carbons (Fsp3) is 0.600. The molecule has 4 nitrogen and oxygen atoms in total. The molecule has 0 spiro atoms.